The largest absolute Gasteiger partial charge is 0.0622 e. The van der Waals surface area contributed by atoms with Gasteiger partial charge < -0.3 is 0 Å². The van der Waals surface area contributed by atoms with Crippen LogP contribution in [0.15, 0.2) is 97.1 Å². The molecule has 5 aromatic rings. The highest BCUT2D eigenvalue weighted by molar-refractivity contribution is 6.21. The van der Waals surface area contributed by atoms with Gasteiger partial charge in [0.2, 0.25) is 0 Å². The highest BCUT2D eigenvalue weighted by Gasteiger charge is 2.18. The van der Waals surface area contributed by atoms with Crippen LogP contribution >= 0.6 is 0 Å². The van der Waals surface area contributed by atoms with Crippen molar-refractivity contribution in [2.45, 2.75) is 39.5 Å². The molecule has 0 saturated carbocycles. The Labute approximate surface area is 191 Å². The van der Waals surface area contributed by atoms with Crippen LogP contribution in [0.4, 0.5) is 0 Å². The first-order valence-electron chi connectivity index (χ1n) is 11.7. The molecule has 0 aliphatic rings. The van der Waals surface area contributed by atoms with E-state index in [4.69, 9.17) is 0 Å². The molecule has 0 N–H and O–H groups in total. The smallest absolute Gasteiger partial charge is 0.00263 e. The fraction of sp³-hybridized carbons (Fsp3) is 0.188. The van der Waals surface area contributed by atoms with Gasteiger partial charge in [0, 0.05) is 0 Å². The topological polar surface area (TPSA) is 0 Å². The Morgan fingerprint density at radius 1 is 0.406 bits per heavy atom. The average Bonchev–Trinajstić information content (AvgIpc) is 2.82. The summed E-state index contributed by atoms with van der Waals surface area (Å²) in [4.78, 5) is 0. The number of rotatable bonds is 4. The lowest BCUT2D eigenvalue weighted by Crippen LogP contribution is -1.95. The zero-order valence-corrected chi connectivity index (χ0v) is 19.4. The predicted octanol–water partition coefficient (Wildman–Crippen LogP) is 9.57. The Hall–Kier alpha value is -3.38. The van der Waals surface area contributed by atoms with E-state index in [0.29, 0.717) is 11.8 Å². The van der Waals surface area contributed by atoms with Crippen molar-refractivity contribution in [2.75, 3.05) is 0 Å². The van der Waals surface area contributed by atoms with Gasteiger partial charge in [-0.1, -0.05) is 125 Å². The lowest BCUT2D eigenvalue weighted by atomic mass is 9.83. The lowest BCUT2D eigenvalue weighted by Gasteiger charge is -2.20. The molecule has 0 nitrogen and oxygen atoms in total. The van der Waals surface area contributed by atoms with Crippen molar-refractivity contribution in [1.82, 2.24) is 0 Å². The Kier molecular flexibility index (Phi) is 5.31. The van der Waals surface area contributed by atoms with Crippen LogP contribution in [-0.2, 0) is 0 Å². The molecule has 0 spiro atoms. The molecule has 0 radical (unpaired) electrons. The minimum Gasteiger partial charge on any atom is -0.0622 e. The summed E-state index contributed by atoms with van der Waals surface area (Å²) >= 11 is 0. The first kappa shape index (κ1) is 20.5. The van der Waals surface area contributed by atoms with Crippen LogP contribution in [0.5, 0.6) is 0 Å². The van der Waals surface area contributed by atoms with E-state index < -0.39 is 0 Å². The molecular weight excluding hydrogens is 384 g/mol. The molecule has 0 heteroatoms. The molecule has 32 heavy (non-hydrogen) atoms. The number of hydrogen-bond donors (Lipinski definition) is 0. The summed E-state index contributed by atoms with van der Waals surface area (Å²) in [5, 5.41) is 5.33. The number of fused-ring (bicyclic) bond motifs is 2. The van der Waals surface area contributed by atoms with E-state index in [-0.39, 0.29) is 0 Å². The first-order chi connectivity index (χ1) is 15.5. The molecule has 0 heterocycles. The van der Waals surface area contributed by atoms with Gasteiger partial charge >= 0.3 is 0 Å². The zero-order chi connectivity index (χ0) is 22.2. The van der Waals surface area contributed by atoms with Gasteiger partial charge in [-0.3, -0.25) is 0 Å². The maximum absolute atomic E-state index is 2.42. The zero-order valence-electron chi connectivity index (χ0n) is 19.4. The van der Waals surface area contributed by atoms with Crippen LogP contribution in [0.3, 0.4) is 0 Å². The predicted molar refractivity (Wildman–Crippen MR) is 141 cm³/mol. The summed E-state index contributed by atoms with van der Waals surface area (Å²) in [6.07, 6.45) is 0. The monoisotopic (exact) mass is 414 g/mol. The Morgan fingerprint density at radius 2 is 0.781 bits per heavy atom. The summed E-state index contributed by atoms with van der Waals surface area (Å²) in [7, 11) is 0. The van der Waals surface area contributed by atoms with E-state index in [1.807, 2.05) is 0 Å². The van der Waals surface area contributed by atoms with E-state index >= 15 is 0 Å². The second-order valence-electron chi connectivity index (χ2n) is 9.40. The van der Waals surface area contributed by atoms with Crippen LogP contribution in [0.2, 0.25) is 0 Å². The van der Waals surface area contributed by atoms with Crippen LogP contribution in [0.25, 0.3) is 43.8 Å². The van der Waals surface area contributed by atoms with Gasteiger partial charge in [0.05, 0.1) is 0 Å². The van der Waals surface area contributed by atoms with Crippen LogP contribution in [-0.4, -0.2) is 0 Å². The summed E-state index contributed by atoms with van der Waals surface area (Å²) in [6, 6.07) is 35.9. The van der Waals surface area contributed by atoms with E-state index in [9.17, 15) is 0 Å². The van der Waals surface area contributed by atoms with Gasteiger partial charge in [-0.05, 0) is 66.8 Å². The minimum atomic E-state index is 0.488. The quantitative estimate of drug-likeness (QED) is 0.257. The third-order valence-corrected chi connectivity index (χ3v) is 6.62. The van der Waals surface area contributed by atoms with Gasteiger partial charge in [-0.2, -0.15) is 0 Å². The van der Waals surface area contributed by atoms with Crippen molar-refractivity contribution in [1.29, 1.82) is 0 Å². The molecule has 0 amide bonds. The maximum atomic E-state index is 2.42. The van der Waals surface area contributed by atoms with Crippen molar-refractivity contribution < 1.29 is 0 Å². The van der Waals surface area contributed by atoms with Crippen molar-refractivity contribution >= 4 is 21.5 Å². The summed E-state index contributed by atoms with van der Waals surface area (Å²) in [5.41, 5.74) is 8.00. The third kappa shape index (κ3) is 3.50. The van der Waals surface area contributed by atoms with Crippen LogP contribution in [0, 0.1) is 0 Å². The maximum Gasteiger partial charge on any atom is -0.00263 e. The Morgan fingerprint density at radius 3 is 1.12 bits per heavy atom. The molecule has 0 atom stereocenters. The second-order valence-corrected chi connectivity index (χ2v) is 9.40. The molecule has 0 unspecified atom stereocenters. The Bertz CT molecular complexity index is 1280. The van der Waals surface area contributed by atoms with Gasteiger partial charge in [0.25, 0.3) is 0 Å². The molecule has 0 aliphatic heterocycles. The lowest BCUT2D eigenvalue weighted by molar-refractivity contribution is 0.868. The van der Waals surface area contributed by atoms with E-state index in [1.165, 1.54) is 54.9 Å². The summed E-state index contributed by atoms with van der Waals surface area (Å²) in [6.45, 7) is 9.10. The molecule has 5 rings (SSSR count). The van der Waals surface area contributed by atoms with E-state index in [2.05, 4.69) is 125 Å². The average molecular weight is 415 g/mol. The molecule has 0 aromatic heterocycles. The van der Waals surface area contributed by atoms with Gasteiger partial charge in [0.1, 0.15) is 0 Å². The molecule has 0 bridgehead atoms. The standard InChI is InChI=1S/C32H30/c1-21(2)25-15-17-27-29(19-25)31(23-11-7-5-8-12-23)28-18-16-26(22(3)4)20-30(28)32(27)24-13-9-6-10-14-24/h5-22H,1-4H3. The minimum absolute atomic E-state index is 0.488. The van der Waals surface area contributed by atoms with Gasteiger partial charge in [0.15, 0.2) is 0 Å². The summed E-state index contributed by atoms with van der Waals surface area (Å²) < 4.78 is 0. The molecule has 0 saturated heterocycles. The first-order valence-corrected chi connectivity index (χ1v) is 11.7. The van der Waals surface area contributed by atoms with Crippen molar-refractivity contribution in [3.63, 3.8) is 0 Å². The SMILES string of the molecule is CC(C)c1ccc2c(-c3ccccc3)c3cc(C(C)C)ccc3c(-c3ccccc3)c2c1. The van der Waals surface area contributed by atoms with Gasteiger partial charge in [-0.15, -0.1) is 0 Å². The molecular formula is C32H30. The van der Waals surface area contributed by atoms with E-state index in [0.717, 1.165) is 0 Å². The van der Waals surface area contributed by atoms with Crippen molar-refractivity contribution in [3.05, 3.63) is 108 Å². The second kappa shape index (κ2) is 8.28. The number of benzene rings is 5. The molecule has 5 aromatic carbocycles. The highest BCUT2D eigenvalue weighted by atomic mass is 14.2. The highest BCUT2D eigenvalue weighted by Crippen LogP contribution is 2.45. The van der Waals surface area contributed by atoms with Crippen LogP contribution in [0.1, 0.15) is 50.7 Å². The molecule has 158 valence electrons. The van der Waals surface area contributed by atoms with Crippen molar-refractivity contribution in [3.8, 4) is 22.3 Å². The molecule has 0 fully saturated rings. The fourth-order valence-corrected chi connectivity index (χ4v) is 4.81. The third-order valence-electron chi connectivity index (χ3n) is 6.62. The normalized spacial score (nSPS) is 11.7. The fourth-order valence-electron chi connectivity index (χ4n) is 4.81. The van der Waals surface area contributed by atoms with E-state index in [1.54, 1.807) is 0 Å². The Balaban J connectivity index is 2.02. The van der Waals surface area contributed by atoms with Crippen LogP contribution < -0.4 is 0 Å². The number of hydrogen-bond acceptors (Lipinski definition) is 0. The summed E-state index contributed by atoms with van der Waals surface area (Å²) in [5.74, 6) is 0.976. The van der Waals surface area contributed by atoms with Gasteiger partial charge in [-0.25, -0.2) is 0 Å². The molecule has 0 aliphatic carbocycles. The van der Waals surface area contributed by atoms with Crippen molar-refractivity contribution in [2.24, 2.45) is 0 Å².